The van der Waals surface area contributed by atoms with Gasteiger partial charge in [0.05, 0.1) is 5.69 Å². The summed E-state index contributed by atoms with van der Waals surface area (Å²) in [6.07, 6.45) is 1.99. The minimum Gasteiger partial charge on any atom is -0.482 e. The molecule has 0 atom stereocenters. The van der Waals surface area contributed by atoms with Gasteiger partial charge in [-0.05, 0) is 32.2 Å². The molecule has 0 fully saturated rings. The first kappa shape index (κ1) is 17.3. The molecule has 2 aromatic rings. The standard InChI is InChI=1S/C16H20ClN3O3/c1-11-13(9-20(3)18-11)8-19(2)7-12-6-14(17)4-5-15(12)23-10-16(21)22/h4-6,9H,7-8,10H2,1-3H3,(H,21,22). The quantitative estimate of drug-likeness (QED) is 0.840. The van der Waals surface area contributed by atoms with Gasteiger partial charge in [-0.15, -0.1) is 0 Å². The molecular formula is C16H20ClN3O3. The van der Waals surface area contributed by atoms with Gasteiger partial charge in [-0.3, -0.25) is 9.58 Å². The first-order valence-electron chi connectivity index (χ1n) is 7.16. The molecule has 23 heavy (non-hydrogen) atoms. The fourth-order valence-electron chi connectivity index (χ4n) is 2.39. The van der Waals surface area contributed by atoms with Gasteiger partial charge >= 0.3 is 5.97 Å². The molecule has 0 saturated carbocycles. The van der Waals surface area contributed by atoms with E-state index in [1.807, 2.05) is 27.2 Å². The van der Waals surface area contributed by atoms with E-state index >= 15 is 0 Å². The van der Waals surface area contributed by atoms with Crippen LogP contribution >= 0.6 is 11.6 Å². The van der Waals surface area contributed by atoms with Crippen molar-refractivity contribution in [3.8, 4) is 5.75 Å². The molecule has 0 amide bonds. The first-order valence-corrected chi connectivity index (χ1v) is 7.53. The zero-order valence-electron chi connectivity index (χ0n) is 13.4. The summed E-state index contributed by atoms with van der Waals surface area (Å²) in [7, 11) is 3.87. The lowest BCUT2D eigenvalue weighted by Crippen LogP contribution is -2.19. The zero-order chi connectivity index (χ0) is 17.0. The van der Waals surface area contributed by atoms with E-state index < -0.39 is 5.97 Å². The molecule has 0 unspecified atom stereocenters. The van der Waals surface area contributed by atoms with Gasteiger partial charge in [-0.25, -0.2) is 4.79 Å². The van der Waals surface area contributed by atoms with Crippen LogP contribution in [0, 0.1) is 6.92 Å². The molecule has 1 N–H and O–H groups in total. The molecule has 1 aromatic heterocycles. The molecule has 2 rings (SSSR count). The molecule has 0 aliphatic carbocycles. The van der Waals surface area contributed by atoms with Gasteiger partial charge < -0.3 is 9.84 Å². The van der Waals surface area contributed by atoms with E-state index in [4.69, 9.17) is 21.4 Å². The van der Waals surface area contributed by atoms with Crippen molar-refractivity contribution in [1.82, 2.24) is 14.7 Å². The maximum absolute atomic E-state index is 10.7. The number of hydrogen-bond acceptors (Lipinski definition) is 4. The van der Waals surface area contributed by atoms with Crippen molar-refractivity contribution in [2.24, 2.45) is 7.05 Å². The van der Waals surface area contributed by atoms with Crippen LogP contribution < -0.4 is 4.74 Å². The number of aryl methyl sites for hydroxylation is 2. The van der Waals surface area contributed by atoms with Crippen LogP contribution in [-0.4, -0.2) is 39.4 Å². The number of carboxylic acids is 1. The van der Waals surface area contributed by atoms with E-state index in [0.717, 1.165) is 23.4 Å². The molecule has 1 heterocycles. The Morgan fingerprint density at radius 1 is 1.39 bits per heavy atom. The zero-order valence-corrected chi connectivity index (χ0v) is 14.2. The monoisotopic (exact) mass is 337 g/mol. The fourth-order valence-corrected chi connectivity index (χ4v) is 2.59. The summed E-state index contributed by atoms with van der Waals surface area (Å²) in [4.78, 5) is 12.8. The number of aromatic nitrogens is 2. The predicted octanol–water partition coefficient (Wildman–Crippen LogP) is 2.48. The topological polar surface area (TPSA) is 67.6 Å². The minimum atomic E-state index is -1.01. The average Bonchev–Trinajstić information content (AvgIpc) is 2.75. The number of benzene rings is 1. The summed E-state index contributed by atoms with van der Waals surface area (Å²) < 4.78 is 7.12. The number of rotatable bonds is 7. The number of ether oxygens (including phenoxy) is 1. The van der Waals surface area contributed by atoms with Gasteiger partial charge in [-0.2, -0.15) is 5.10 Å². The van der Waals surface area contributed by atoms with Crippen LogP contribution in [0.25, 0.3) is 0 Å². The SMILES string of the molecule is Cc1nn(C)cc1CN(C)Cc1cc(Cl)ccc1OCC(=O)O. The average molecular weight is 338 g/mol. The van der Waals surface area contributed by atoms with Gasteiger partial charge in [-0.1, -0.05) is 11.6 Å². The van der Waals surface area contributed by atoms with Gasteiger partial charge in [0.15, 0.2) is 6.61 Å². The summed E-state index contributed by atoms with van der Waals surface area (Å²) in [6, 6.07) is 5.18. The van der Waals surface area contributed by atoms with Crippen LogP contribution in [-0.2, 0) is 24.9 Å². The van der Waals surface area contributed by atoms with Crippen molar-refractivity contribution in [2.45, 2.75) is 20.0 Å². The Kier molecular flexibility index (Phi) is 5.63. The van der Waals surface area contributed by atoms with Gasteiger partial charge in [0.1, 0.15) is 5.75 Å². The second-order valence-corrected chi connectivity index (χ2v) is 5.96. The van der Waals surface area contributed by atoms with Crippen molar-refractivity contribution >= 4 is 17.6 Å². The van der Waals surface area contributed by atoms with Crippen molar-refractivity contribution in [3.05, 3.63) is 46.2 Å². The lowest BCUT2D eigenvalue weighted by molar-refractivity contribution is -0.139. The van der Waals surface area contributed by atoms with Gasteiger partial charge in [0.2, 0.25) is 0 Å². The second-order valence-electron chi connectivity index (χ2n) is 5.52. The molecule has 0 aliphatic heterocycles. The number of carbonyl (C=O) groups is 1. The van der Waals surface area contributed by atoms with Crippen molar-refractivity contribution in [1.29, 1.82) is 0 Å². The summed E-state index contributed by atoms with van der Waals surface area (Å²) >= 11 is 6.05. The number of hydrogen-bond donors (Lipinski definition) is 1. The Balaban J connectivity index is 2.09. The lowest BCUT2D eigenvalue weighted by Gasteiger charge is -2.18. The van der Waals surface area contributed by atoms with Crippen LogP contribution in [0.3, 0.4) is 0 Å². The summed E-state index contributed by atoms with van der Waals surface area (Å²) in [5, 5.41) is 13.7. The van der Waals surface area contributed by atoms with Crippen LogP contribution in [0.4, 0.5) is 0 Å². The number of halogens is 1. The molecule has 0 aliphatic rings. The van der Waals surface area contributed by atoms with Crippen molar-refractivity contribution in [2.75, 3.05) is 13.7 Å². The maximum atomic E-state index is 10.7. The first-order chi connectivity index (χ1) is 10.8. The van der Waals surface area contributed by atoms with E-state index in [0.29, 0.717) is 17.3 Å². The molecule has 0 radical (unpaired) electrons. The normalized spacial score (nSPS) is 11.0. The minimum absolute atomic E-state index is 0.375. The molecule has 1 aromatic carbocycles. The number of carboxylic acid groups (broad SMARTS) is 1. The molecular weight excluding hydrogens is 318 g/mol. The fraction of sp³-hybridized carbons (Fsp3) is 0.375. The van der Waals surface area contributed by atoms with Crippen LogP contribution in [0.2, 0.25) is 5.02 Å². The molecule has 6 nitrogen and oxygen atoms in total. The third-order valence-electron chi connectivity index (χ3n) is 3.37. The van der Waals surface area contributed by atoms with Crippen molar-refractivity contribution < 1.29 is 14.6 Å². The molecule has 0 saturated heterocycles. The van der Waals surface area contributed by atoms with Crippen LogP contribution in [0.5, 0.6) is 5.75 Å². The summed E-state index contributed by atoms with van der Waals surface area (Å²) in [5.74, 6) is -0.475. The predicted molar refractivity (Wildman–Crippen MR) is 87.7 cm³/mol. The lowest BCUT2D eigenvalue weighted by atomic mass is 10.1. The van der Waals surface area contributed by atoms with E-state index in [1.165, 1.54) is 0 Å². The maximum Gasteiger partial charge on any atom is 0.341 e. The molecule has 0 bridgehead atoms. The van der Waals surface area contributed by atoms with Gasteiger partial charge in [0, 0.05) is 42.5 Å². The Morgan fingerprint density at radius 2 is 2.09 bits per heavy atom. The Hall–Kier alpha value is -2.05. The van der Waals surface area contributed by atoms with Gasteiger partial charge in [0.25, 0.3) is 0 Å². The Morgan fingerprint density at radius 3 is 2.70 bits per heavy atom. The van der Waals surface area contributed by atoms with Crippen molar-refractivity contribution in [3.63, 3.8) is 0 Å². The van der Waals surface area contributed by atoms with Crippen LogP contribution in [0.1, 0.15) is 16.8 Å². The highest BCUT2D eigenvalue weighted by Crippen LogP contribution is 2.24. The summed E-state index contributed by atoms with van der Waals surface area (Å²) in [5.41, 5.74) is 2.99. The summed E-state index contributed by atoms with van der Waals surface area (Å²) in [6.45, 7) is 2.92. The molecule has 7 heteroatoms. The van der Waals surface area contributed by atoms with E-state index in [2.05, 4.69) is 10.00 Å². The third kappa shape index (κ3) is 4.97. The van der Waals surface area contributed by atoms with E-state index in [9.17, 15) is 4.79 Å². The highest BCUT2D eigenvalue weighted by atomic mass is 35.5. The largest absolute Gasteiger partial charge is 0.482 e. The molecule has 0 spiro atoms. The number of nitrogens with zero attached hydrogens (tertiary/aromatic N) is 3. The number of aliphatic carboxylic acids is 1. The highest BCUT2D eigenvalue weighted by molar-refractivity contribution is 6.30. The smallest absolute Gasteiger partial charge is 0.341 e. The third-order valence-corrected chi connectivity index (χ3v) is 3.60. The van der Waals surface area contributed by atoms with E-state index in [1.54, 1.807) is 22.9 Å². The Bertz CT molecular complexity index is 700. The van der Waals surface area contributed by atoms with E-state index in [-0.39, 0.29) is 6.61 Å². The highest BCUT2D eigenvalue weighted by Gasteiger charge is 2.12. The second kappa shape index (κ2) is 7.48. The van der Waals surface area contributed by atoms with Crippen LogP contribution in [0.15, 0.2) is 24.4 Å². The Labute approximate surface area is 140 Å². The molecule has 124 valence electrons.